The van der Waals surface area contributed by atoms with E-state index in [1.807, 2.05) is 6.07 Å². The van der Waals surface area contributed by atoms with Crippen LogP contribution in [0.4, 0.5) is 0 Å². The molecule has 0 spiro atoms. The zero-order chi connectivity index (χ0) is 38.8. The van der Waals surface area contributed by atoms with E-state index in [-0.39, 0.29) is 22.9 Å². The molecule has 4 aromatic rings. The minimum absolute atomic E-state index is 0.208. The van der Waals surface area contributed by atoms with Crippen LogP contribution in [0.2, 0.25) is 0 Å². The van der Waals surface area contributed by atoms with Crippen LogP contribution in [0.1, 0.15) is 54.0 Å². The normalized spacial score (nSPS) is 9.54. The van der Waals surface area contributed by atoms with Gasteiger partial charge in [0.1, 0.15) is 29.3 Å². The highest BCUT2D eigenvalue weighted by atomic mass is 16.5. The van der Waals surface area contributed by atoms with Gasteiger partial charge in [0.05, 0.1) is 0 Å². The van der Waals surface area contributed by atoms with Gasteiger partial charge in [-0.05, 0) is 113 Å². The lowest BCUT2D eigenvalue weighted by molar-refractivity contribution is -0.130. The van der Waals surface area contributed by atoms with Crippen LogP contribution in [0.3, 0.4) is 0 Å². The summed E-state index contributed by atoms with van der Waals surface area (Å²) in [4.78, 5) is 67.8. The van der Waals surface area contributed by atoms with Gasteiger partial charge in [-0.25, -0.2) is 19.2 Å². The number of hydrogen-bond acceptors (Lipinski definition) is 10. The molecule has 0 saturated carbocycles. The highest BCUT2D eigenvalue weighted by molar-refractivity contribution is 6.09. The Morgan fingerprint density at radius 3 is 0.962 bits per heavy atom. The second-order valence-electron chi connectivity index (χ2n) is 11.1. The largest absolute Gasteiger partial charge is 0.423 e. The number of carbonyl (C=O) groups is 6. The lowest BCUT2D eigenvalue weighted by Crippen LogP contribution is -2.09. The molecule has 0 heterocycles. The Morgan fingerprint density at radius 1 is 0.423 bits per heavy atom. The predicted octanol–water partition coefficient (Wildman–Crippen LogP) is 8.03. The van der Waals surface area contributed by atoms with Gasteiger partial charge in [-0.2, -0.15) is 0 Å². The topological polar surface area (TPSA) is 139 Å². The van der Waals surface area contributed by atoms with Crippen molar-refractivity contribution in [1.82, 2.24) is 0 Å². The fraction of sp³-hybridized carbons (Fsp3) is 0.0952. The van der Waals surface area contributed by atoms with Crippen LogP contribution in [-0.4, -0.2) is 35.9 Å². The average molecular weight is 703 g/mol. The molecule has 0 N–H and O–H groups in total. The molecule has 0 radical (unpaired) electrons. The van der Waals surface area contributed by atoms with Crippen molar-refractivity contribution in [3.63, 3.8) is 0 Å². The molecular weight excluding hydrogens is 664 g/mol. The standard InChI is InChI=1S/C21H18O5.C11H10O3.C10H10O2/c1-13(2)20(23)25-17-9-5-15(6-10-17)19(22)16-7-11-18(12-8-16)26-21(24)14(3)4;1-8(2)11(13)14-10-5-3-9(7-12)4-6-10;1-8(2)10(11)12-9-6-4-3-5-7-9/h5-12H,1,3H2,2,4H3;3-7H,1H2,2H3;3-7H,1H2,2H3. The van der Waals surface area contributed by atoms with E-state index < -0.39 is 17.9 Å². The maximum absolute atomic E-state index is 12.5. The summed E-state index contributed by atoms with van der Waals surface area (Å²) in [6.07, 6.45) is 0.727. The first kappa shape index (κ1) is 41.2. The number of rotatable bonds is 11. The number of esters is 4. The first-order chi connectivity index (χ1) is 24.6. The fourth-order valence-electron chi connectivity index (χ4n) is 3.39. The van der Waals surface area contributed by atoms with Crippen LogP contribution in [0.25, 0.3) is 0 Å². The Hall–Kier alpha value is -6.94. The Kier molecular flexibility index (Phi) is 16.3. The van der Waals surface area contributed by atoms with E-state index in [0.29, 0.717) is 50.8 Å². The molecule has 0 unspecified atom stereocenters. The van der Waals surface area contributed by atoms with E-state index in [9.17, 15) is 28.8 Å². The summed E-state index contributed by atoms with van der Waals surface area (Å²) in [5.74, 6) is -0.499. The zero-order valence-electron chi connectivity index (χ0n) is 29.3. The van der Waals surface area contributed by atoms with Gasteiger partial charge >= 0.3 is 23.9 Å². The van der Waals surface area contributed by atoms with E-state index in [2.05, 4.69) is 26.3 Å². The van der Waals surface area contributed by atoms with Crippen molar-refractivity contribution in [2.75, 3.05) is 0 Å². The molecule has 0 saturated heterocycles. The van der Waals surface area contributed by atoms with E-state index in [0.717, 1.165) is 6.29 Å². The summed E-state index contributed by atoms with van der Waals surface area (Å²) in [5.41, 5.74) is 2.73. The van der Waals surface area contributed by atoms with E-state index >= 15 is 0 Å². The SMILES string of the molecule is C=C(C)C(=O)Oc1ccc(C(=O)c2ccc(OC(=O)C(=C)C)cc2)cc1.C=C(C)C(=O)Oc1ccc(C=O)cc1.C=C(C)C(=O)Oc1ccccc1. The van der Waals surface area contributed by atoms with Gasteiger partial charge in [0.25, 0.3) is 0 Å². The third kappa shape index (κ3) is 14.3. The van der Waals surface area contributed by atoms with E-state index in [4.69, 9.17) is 18.9 Å². The van der Waals surface area contributed by atoms with Crippen molar-refractivity contribution in [3.8, 4) is 23.0 Å². The smallest absolute Gasteiger partial charge is 0.338 e. The molecule has 0 aliphatic carbocycles. The molecule has 0 bridgehead atoms. The molecule has 0 atom stereocenters. The van der Waals surface area contributed by atoms with E-state index in [1.165, 1.54) is 24.3 Å². The maximum Gasteiger partial charge on any atom is 0.338 e. The first-order valence-corrected chi connectivity index (χ1v) is 15.5. The average Bonchev–Trinajstić information content (AvgIpc) is 3.13. The monoisotopic (exact) mass is 702 g/mol. The molecule has 0 fully saturated rings. The van der Waals surface area contributed by atoms with Gasteiger partial charge in [0.2, 0.25) is 0 Å². The molecule has 0 aliphatic heterocycles. The lowest BCUT2D eigenvalue weighted by Gasteiger charge is -2.07. The first-order valence-electron chi connectivity index (χ1n) is 15.5. The van der Waals surface area contributed by atoms with Crippen LogP contribution in [0.15, 0.2) is 152 Å². The molecule has 4 aromatic carbocycles. The molecule has 10 nitrogen and oxygen atoms in total. The highest BCUT2D eigenvalue weighted by Gasteiger charge is 2.12. The Balaban J connectivity index is 0.000000302. The number of aldehydes is 1. The van der Waals surface area contributed by atoms with Crippen molar-refractivity contribution in [1.29, 1.82) is 0 Å². The minimum atomic E-state index is -0.524. The van der Waals surface area contributed by atoms with Crippen molar-refractivity contribution in [2.45, 2.75) is 27.7 Å². The summed E-state index contributed by atoms with van der Waals surface area (Å²) in [5, 5.41) is 0. The van der Waals surface area contributed by atoms with Gasteiger partial charge < -0.3 is 18.9 Å². The molecule has 10 heteroatoms. The second kappa shape index (κ2) is 20.5. The molecule has 266 valence electrons. The van der Waals surface area contributed by atoms with Crippen molar-refractivity contribution in [3.05, 3.63) is 168 Å². The minimum Gasteiger partial charge on any atom is -0.423 e. The van der Waals surface area contributed by atoms with Crippen LogP contribution >= 0.6 is 0 Å². The summed E-state index contributed by atoms with van der Waals surface area (Å²) in [6.45, 7) is 20.2. The van der Waals surface area contributed by atoms with Crippen molar-refractivity contribution >= 4 is 35.9 Å². The lowest BCUT2D eigenvalue weighted by atomic mass is 10.0. The summed E-state index contributed by atoms with van der Waals surface area (Å²) >= 11 is 0. The Morgan fingerprint density at radius 2 is 0.692 bits per heavy atom. The molecular formula is C42H38O10. The number of carbonyl (C=O) groups excluding carboxylic acids is 6. The summed E-state index contributed by atoms with van der Waals surface area (Å²) in [6, 6.07) is 27.6. The van der Waals surface area contributed by atoms with Crippen molar-refractivity contribution < 1.29 is 47.7 Å². The van der Waals surface area contributed by atoms with E-state index in [1.54, 1.807) is 100 Å². The summed E-state index contributed by atoms with van der Waals surface area (Å²) in [7, 11) is 0. The van der Waals surface area contributed by atoms with Crippen LogP contribution in [-0.2, 0) is 19.2 Å². The number of para-hydroxylation sites is 1. The maximum atomic E-state index is 12.5. The van der Waals surface area contributed by atoms with Gasteiger partial charge in [-0.1, -0.05) is 44.5 Å². The second-order valence-corrected chi connectivity index (χ2v) is 11.1. The number of benzene rings is 4. The van der Waals surface area contributed by atoms with Gasteiger partial charge in [-0.15, -0.1) is 0 Å². The molecule has 0 aliphatic rings. The molecule has 0 aromatic heterocycles. The number of ether oxygens (including phenoxy) is 4. The molecule has 4 rings (SSSR count). The summed E-state index contributed by atoms with van der Waals surface area (Å²) < 4.78 is 20.0. The van der Waals surface area contributed by atoms with Crippen LogP contribution in [0.5, 0.6) is 23.0 Å². The van der Waals surface area contributed by atoms with Crippen molar-refractivity contribution in [2.24, 2.45) is 0 Å². The Bertz CT molecular complexity index is 1880. The predicted molar refractivity (Wildman–Crippen MR) is 196 cm³/mol. The van der Waals surface area contributed by atoms with Gasteiger partial charge in [0.15, 0.2) is 5.78 Å². The molecule has 0 amide bonds. The van der Waals surface area contributed by atoms with Crippen LogP contribution in [0, 0.1) is 0 Å². The number of hydrogen-bond donors (Lipinski definition) is 0. The third-order valence-corrected chi connectivity index (χ3v) is 6.23. The highest BCUT2D eigenvalue weighted by Crippen LogP contribution is 2.19. The van der Waals surface area contributed by atoms with Crippen LogP contribution < -0.4 is 18.9 Å². The van der Waals surface area contributed by atoms with Gasteiger partial charge in [-0.3, -0.25) is 9.59 Å². The zero-order valence-corrected chi connectivity index (χ0v) is 29.3. The Labute approximate surface area is 302 Å². The molecule has 52 heavy (non-hydrogen) atoms. The van der Waals surface area contributed by atoms with Gasteiger partial charge in [0, 0.05) is 39.0 Å². The quantitative estimate of drug-likeness (QED) is 0.0496. The number of ketones is 1. The fourth-order valence-corrected chi connectivity index (χ4v) is 3.39. The third-order valence-electron chi connectivity index (χ3n) is 6.23.